The first-order chi connectivity index (χ1) is 12.9. The molecule has 0 unspecified atom stereocenters. The molecule has 0 spiro atoms. The first-order valence-corrected chi connectivity index (χ1v) is 8.47. The summed E-state index contributed by atoms with van der Waals surface area (Å²) in [7, 11) is 0. The van der Waals surface area contributed by atoms with Gasteiger partial charge >= 0.3 is 6.18 Å². The number of anilines is 1. The van der Waals surface area contributed by atoms with Gasteiger partial charge in [0.25, 0.3) is 5.56 Å². The quantitative estimate of drug-likeness (QED) is 0.583. The maximum Gasteiger partial charge on any atom is 0.416 e. The van der Waals surface area contributed by atoms with E-state index in [2.05, 4.69) is 20.4 Å². The molecule has 3 heterocycles. The highest BCUT2D eigenvalue weighted by Gasteiger charge is 2.30. The van der Waals surface area contributed by atoms with Crippen molar-refractivity contribution in [2.45, 2.75) is 6.18 Å². The average molecular weight is 389 g/mol. The zero-order valence-electron chi connectivity index (χ0n) is 13.4. The number of halogens is 3. The van der Waals surface area contributed by atoms with Gasteiger partial charge in [0.15, 0.2) is 5.82 Å². The lowest BCUT2D eigenvalue weighted by atomic mass is 10.2. The number of hydrogen-bond acceptors (Lipinski definition) is 6. The third-order valence-corrected chi connectivity index (χ3v) is 4.64. The van der Waals surface area contributed by atoms with Crippen LogP contribution in [0, 0.1) is 0 Å². The van der Waals surface area contributed by atoms with Gasteiger partial charge in [-0.3, -0.25) is 9.78 Å². The van der Waals surface area contributed by atoms with Crippen LogP contribution in [0.2, 0.25) is 0 Å². The van der Waals surface area contributed by atoms with Gasteiger partial charge in [-0.1, -0.05) is 17.4 Å². The maximum absolute atomic E-state index is 12.8. The zero-order valence-corrected chi connectivity index (χ0v) is 14.3. The molecular weight excluding hydrogens is 379 g/mol. The Hall–Kier alpha value is -3.27. The smallest absolute Gasteiger partial charge is 0.360 e. The Balaban J connectivity index is 1.66. The number of alkyl halides is 3. The van der Waals surface area contributed by atoms with Crippen LogP contribution in [-0.4, -0.2) is 19.6 Å². The molecule has 136 valence electrons. The van der Waals surface area contributed by atoms with E-state index in [0.717, 1.165) is 29.0 Å². The van der Waals surface area contributed by atoms with Crippen molar-refractivity contribution < 1.29 is 13.2 Å². The predicted octanol–water partition coefficient (Wildman–Crippen LogP) is 2.80. The number of hydrogen-bond donors (Lipinski definition) is 1. The summed E-state index contributed by atoms with van der Waals surface area (Å²) in [6.07, 6.45) is 0.116. The van der Waals surface area contributed by atoms with Crippen LogP contribution in [0.15, 0.2) is 53.6 Å². The number of aromatic nitrogens is 4. The number of nitrogens with one attached hydrogen (secondary N) is 1. The van der Waals surface area contributed by atoms with E-state index >= 15 is 0 Å². The Morgan fingerprint density at radius 3 is 2.63 bits per heavy atom. The van der Waals surface area contributed by atoms with Crippen LogP contribution in [-0.2, 0) is 6.18 Å². The van der Waals surface area contributed by atoms with E-state index in [0.29, 0.717) is 10.8 Å². The summed E-state index contributed by atoms with van der Waals surface area (Å²) in [5, 5.41) is 6.90. The minimum atomic E-state index is -4.43. The standard InChI is InChI=1S/C17H10F3N5OS/c18-17(19,20)11-2-1-3-12(8-11)22-9-13-15(26)25-16(27-13)23-14(24-25)10-4-6-21-7-5-10/h1-9,22H/b13-9-. The molecule has 1 aromatic carbocycles. The lowest BCUT2D eigenvalue weighted by Gasteiger charge is -2.08. The van der Waals surface area contributed by atoms with E-state index in [-0.39, 0.29) is 10.2 Å². The summed E-state index contributed by atoms with van der Waals surface area (Å²) in [5.41, 5.74) is -0.219. The topological polar surface area (TPSA) is 72.2 Å². The van der Waals surface area contributed by atoms with Crippen molar-refractivity contribution >= 4 is 28.2 Å². The van der Waals surface area contributed by atoms with Gasteiger partial charge in [0, 0.05) is 29.8 Å². The molecule has 4 aromatic rings. The van der Waals surface area contributed by atoms with Crippen molar-refractivity contribution in [2.75, 3.05) is 5.32 Å². The molecular formula is C17H10F3N5OS. The van der Waals surface area contributed by atoms with Crippen LogP contribution in [0.1, 0.15) is 5.56 Å². The first-order valence-electron chi connectivity index (χ1n) is 7.66. The van der Waals surface area contributed by atoms with E-state index < -0.39 is 17.3 Å². The van der Waals surface area contributed by atoms with E-state index in [1.165, 1.54) is 22.8 Å². The first kappa shape index (κ1) is 17.2. The van der Waals surface area contributed by atoms with Crippen LogP contribution < -0.4 is 15.4 Å². The fourth-order valence-corrected chi connectivity index (χ4v) is 3.22. The largest absolute Gasteiger partial charge is 0.416 e. The van der Waals surface area contributed by atoms with Gasteiger partial charge in [0.1, 0.15) is 4.53 Å². The summed E-state index contributed by atoms with van der Waals surface area (Å²) in [4.78, 5) is 21.0. The van der Waals surface area contributed by atoms with Crippen LogP contribution in [0.5, 0.6) is 0 Å². The second-order valence-electron chi connectivity index (χ2n) is 5.50. The highest BCUT2D eigenvalue weighted by Crippen LogP contribution is 2.30. The minimum Gasteiger partial charge on any atom is -0.360 e. The lowest BCUT2D eigenvalue weighted by molar-refractivity contribution is -0.137. The second kappa shape index (κ2) is 6.47. The van der Waals surface area contributed by atoms with Crippen molar-refractivity contribution in [2.24, 2.45) is 0 Å². The number of pyridine rings is 1. The monoisotopic (exact) mass is 389 g/mol. The molecule has 0 fully saturated rings. The van der Waals surface area contributed by atoms with Crippen molar-refractivity contribution in [1.29, 1.82) is 0 Å². The third-order valence-electron chi connectivity index (χ3n) is 3.68. The fraction of sp³-hybridized carbons (Fsp3) is 0.0588. The van der Waals surface area contributed by atoms with Crippen molar-refractivity contribution in [1.82, 2.24) is 19.6 Å². The molecule has 1 N–H and O–H groups in total. The highest BCUT2D eigenvalue weighted by atomic mass is 32.1. The summed E-state index contributed by atoms with van der Waals surface area (Å²) in [6, 6.07) is 8.18. The Bertz CT molecular complexity index is 1220. The predicted molar refractivity (Wildman–Crippen MR) is 95.1 cm³/mol. The number of fused-ring (bicyclic) bond motifs is 1. The number of nitrogens with zero attached hydrogens (tertiary/aromatic N) is 4. The number of rotatable bonds is 3. The van der Waals surface area contributed by atoms with Gasteiger partial charge in [-0.15, -0.1) is 5.10 Å². The summed E-state index contributed by atoms with van der Waals surface area (Å²) < 4.78 is 39.7. The van der Waals surface area contributed by atoms with Crippen LogP contribution >= 0.6 is 11.3 Å². The van der Waals surface area contributed by atoms with Crippen molar-refractivity contribution in [3.05, 3.63) is 69.2 Å². The zero-order chi connectivity index (χ0) is 19.0. The molecule has 0 bridgehead atoms. The van der Waals surface area contributed by atoms with Crippen LogP contribution in [0.25, 0.3) is 22.5 Å². The Morgan fingerprint density at radius 2 is 1.93 bits per heavy atom. The van der Waals surface area contributed by atoms with Crippen molar-refractivity contribution in [3.8, 4) is 11.4 Å². The van der Waals surface area contributed by atoms with Crippen LogP contribution in [0.3, 0.4) is 0 Å². The molecule has 4 rings (SSSR count). The maximum atomic E-state index is 12.8. The van der Waals surface area contributed by atoms with E-state index in [4.69, 9.17) is 0 Å². The molecule has 10 heteroatoms. The highest BCUT2D eigenvalue weighted by molar-refractivity contribution is 7.15. The molecule has 0 aliphatic carbocycles. The van der Waals surface area contributed by atoms with Gasteiger partial charge in [0.2, 0.25) is 4.96 Å². The number of benzene rings is 1. The minimum absolute atomic E-state index is 0.223. The lowest BCUT2D eigenvalue weighted by Crippen LogP contribution is -2.24. The van der Waals surface area contributed by atoms with Gasteiger partial charge < -0.3 is 5.32 Å². The molecule has 0 atom stereocenters. The Morgan fingerprint density at radius 1 is 1.15 bits per heavy atom. The van der Waals surface area contributed by atoms with Gasteiger partial charge in [-0.05, 0) is 30.3 Å². The summed E-state index contributed by atoms with van der Waals surface area (Å²) >= 11 is 1.09. The van der Waals surface area contributed by atoms with E-state index in [1.807, 2.05) is 0 Å². The average Bonchev–Trinajstić information content (AvgIpc) is 3.20. The fourth-order valence-electron chi connectivity index (χ4n) is 2.39. The molecule has 0 aliphatic heterocycles. The molecule has 0 amide bonds. The van der Waals surface area contributed by atoms with Gasteiger partial charge in [-0.2, -0.15) is 22.7 Å². The van der Waals surface area contributed by atoms with E-state index in [1.54, 1.807) is 24.5 Å². The molecule has 0 aliphatic rings. The molecule has 3 aromatic heterocycles. The second-order valence-corrected chi connectivity index (χ2v) is 6.51. The van der Waals surface area contributed by atoms with Gasteiger partial charge in [0.05, 0.1) is 5.56 Å². The van der Waals surface area contributed by atoms with E-state index in [9.17, 15) is 18.0 Å². The normalized spacial score (nSPS) is 12.6. The molecule has 27 heavy (non-hydrogen) atoms. The number of thiazole rings is 1. The summed E-state index contributed by atoms with van der Waals surface area (Å²) in [5.74, 6) is 0.401. The SMILES string of the molecule is O=c1/c(=C/Nc2cccc(C(F)(F)F)c2)sc2nc(-c3ccncc3)nn12. The Kier molecular flexibility index (Phi) is 4.11. The van der Waals surface area contributed by atoms with Crippen LogP contribution in [0.4, 0.5) is 18.9 Å². The van der Waals surface area contributed by atoms with Crippen molar-refractivity contribution in [3.63, 3.8) is 0 Å². The Labute approximate surface area is 153 Å². The molecule has 0 saturated carbocycles. The molecule has 0 radical (unpaired) electrons. The van der Waals surface area contributed by atoms with Gasteiger partial charge in [-0.25, -0.2) is 0 Å². The molecule has 6 nitrogen and oxygen atoms in total. The molecule has 0 saturated heterocycles. The summed E-state index contributed by atoms with van der Waals surface area (Å²) in [6.45, 7) is 0. The third kappa shape index (κ3) is 3.38.